The van der Waals surface area contributed by atoms with Crippen molar-refractivity contribution in [2.75, 3.05) is 7.11 Å². The lowest BCUT2D eigenvalue weighted by atomic mass is 9.81. The average Bonchev–Trinajstić information content (AvgIpc) is 3.40. The van der Waals surface area contributed by atoms with Crippen LogP contribution in [0, 0.1) is 5.21 Å². The van der Waals surface area contributed by atoms with E-state index in [4.69, 9.17) is 19.0 Å². The van der Waals surface area contributed by atoms with Crippen molar-refractivity contribution in [3.8, 4) is 11.5 Å². The van der Waals surface area contributed by atoms with Crippen molar-refractivity contribution in [1.29, 1.82) is 0 Å². The molecule has 4 atom stereocenters. The van der Waals surface area contributed by atoms with Gasteiger partial charge in [0.05, 0.1) is 25.2 Å². The Kier molecular flexibility index (Phi) is 7.47. The first-order valence-corrected chi connectivity index (χ1v) is 13.1. The van der Waals surface area contributed by atoms with Crippen LogP contribution in [-0.2, 0) is 9.57 Å². The van der Waals surface area contributed by atoms with Crippen molar-refractivity contribution in [2.24, 2.45) is 0 Å². The molecule has 0 N–H and O–H groups in total. The standard InChI is InChI=1S/C29H37NO5/c1-20-25(22-16-17-27(32-2)28(18-22)33-23-12-6-7-13-23)19-29(35-30(20)31)34-26-15-9-8-14-24(26)21-10-4-3-5-11-21/h3-5,10-11,16-18,23-26,29H,6-9,12-15,19H2,1-2H3/t24-,25-,26+,29+/m1/s1. The fourth-order valence-electron chi connectivity index (χ4n) is 5.91. The van der Waals surface area contributed by atoms with Crippen LogP contribution >= 0.6 is 0 Å². The summed E-state index contributed by atoms with van der Waals surface area (Å²) in [5.41, 5.74) is 2.96. The number of hydrogen-bond donors (Lipinski definition) is 0. The maximum absolute atomic E-state index is 12.8. The van der Waals surface area contributed by atoms with Gasteiger partial charge >= 0.3 is 0 Å². The van der Waals surface area contributed by atoms with Crippen LogP contribution in [0.5, 0.6) is 11.5 Å². The fourth-order valence-corrected chi connectivity index (χ4v) is 5.91. The summed E-state index contributed by atoms with van der Waals surface area (Å²) >= 11 is 0. The quantitative estimate of drug-likeness (QED) is 0.426. The van der Waals surface area contributed by atoms with Gasteiger partial charge in [-0.1, -0.05) is 49.2 Å². The Balaban J connectivity index is 1.34. The van der Waals surface area contributed by atoms with Gasteiger partial charge in [0.1, 0.15) is 0 Å². The maximum Gasteiger partial charge on any atom is 0.226 e. The minimum Gasteiger partial charge on any atom is -0.493 e. The summed E-state index contributed by atoms with van der Waals surface area (Å²) in [6, 6.07) is 16.6. The largest absolute Gasteiger partial charge is 0.493 e. The van der Waals surface area contributed by atoms with Crippen LogP contribution in [0.3, 0.4) is 0 Å². The van der Waals surface area contributed by atoms with Gasteiger partial charge in [0.25, 0.3) is 0 Å². The molecule has 0 saturated heterocycles. The highest BCUT2D eigenvalue weighted by molar-refractivity contribution is 5.85. The Bertz CT molecular complexity index is 1020. The molecule has 0 amide bonds. The first-order chi connectivity index (χ1) is 17.1. The van der Waals surface area contributed by atoms with Crippen LogP contribution in [0.4, 0.5) is 0 Å². The molecular formula is C29H37NO5. The molecule has 2 aromatic rings. The van der Waals surface area contributed by atoms with Crippen molar-refractivity contribution in [2.45, 2.75) is 95.0 Å². The van der Waals surface area contributed by atoms with Crippen molar-refractivity contribution < 1.29 is 24.0 Å². The van der Waals surface area contributed by atoms with Gasteiger partial charge in [-0.25, -0.2) is 0 Å². The van der Waals surface area contributed by atoms with Gasteiger partial charge in [0.15, 0.2) is 17.8 Å². The molecule has 188 valence electrons. The molecule has 6 heteroatoms. The summed E-state index contributed by atoms with van der Waals surface area (Å²) < 4.78 is 18.4. The van der Waals surface area contributed by atoms with Gasteiger partial charge in [0.2, 0.25) is 5.71 Å². The van der Waals surface area contributed by atoms with Crippen LogP contribution in [0.2, 0.25) is 0 Å². The highest BCUT2D eigenvalue weighted by Gasteiger charge is 2.36. The van der Waals surface area contributed by atoms with Gasteiger partial charge in [-0.05, 0) is 61.8 Å². The lowest BCUT2D eigenvalue weighted by molar-refractivity contribution is -0.773. The molecule has 35 heavy (non-hydrogen) atoms. The summed E-state index contributed by atoms with van der Waals surface area (Å²) in [6.45, 7) is 1.84. The Morgan fingerprint density at radius 3 is 2.40 bits per heavy atom. The number of hydrogen-bond acceptors (Lipinski definition) is 5. The Hall–Kier alpha value is -2.73. The van der Waals surface area contributed by atoms with E-state index in [-0.39, 0.29) is 18.1 Å². The molecule has 0 radical (unpaired) electrons. The molecule has 3 aliphatic rings. The van der Waals surface area contributed by atoms with E-state index < -0.39 is 6.29 Å². The molecule has 6 nitrogen and oxygen atoms in total. The third-order valence-electron chi connectivity index (χ3n) is 7.88. The molecule has 0 aromatic heterocycles. The molecular weight excluding hydrogens is 442 g/mol. The highest BCUT2D eigenvalue weighted by atomic mass is 16.9. The van der Waals surface area contributed by atoms with E-state index >= 15 is 0 Å². The summed E-state index contributed by atoms with van der Waals surface area (Å²) in [5.74, 6) is 1.70. The molecule has 5 rings (SSSR count). The van der Waals surface area contributed by atoms with Gasteiger partial charge in [-0.15, -0.1) is 0 Å². The predicted molar refractivity (Wildman–Crippen MR) is 135 cm³/mol. The molecule has 2 aromatic carbocycles. The second-order valence-corrected chi connectivity index (χ2v) is 10.1. The summed E-state index contributed by atoms with van der Waals surface area (Å²) in [7, 11) is 1.67. The minimum absolute atomic E-state index is 0.0423. The highest BCUT2D eigenvalue weighted by Crippen LogP contribution is 2.40. The first kappa shape index (κ1) is 24.0. The fraction of sp³-hybridized carbons (Fsp3) is 0.552. The van der Waals surface area contributed by atoms with Crippen molar-refractivity contribution in [1.82, 2.24) is 0 Å². The van der Waals surface area contributed by atoms with Crippen molar-refractivity contribution in [3.63, 3.8) is 0 Å². The zero-order valence-corrected chi connectivity index (χ0v) is 20.9. The van der Waals surface area contributed by atoms with E-state index in [1.807, 2.05) is 31.2 Å². The Morgan fingerprint density at radius 2 is 1.63 bits per heavy atom. The molecule has 0 bridgehead atoms. The SMILES string of the molecule is COc1ccc([C@@H]2C[C@@H](O[C@H]3CCCC[C@@H]3c3ccccc3)O[N+]([O-])=C2C)cc1OC1CCCC1. The van der Waals surface area contributed by atoms with Gasteiger partial charge in [-0.3, -0.25) is 5.21 Å². The van der Waals surface area contributed by atoms with E-state index in [2.05, 4.69) is 24.3 Å². The topological polar surface area (TPSA) is 63.0 Å². The van der Waals surface area contributed by atoms with E-state index in [1.54, 1.807) is 7.11 Å². The van der Waals surface area contributed by atoms with Crippen molar-refractivity contribution in [3.05, 3.63) is 64.9 Å². The van der Waals surface area contributed by atoms with Crippen LogP contribution in [0.15, 0.2) is 48.5 Å². The lowest BCUT2D eigenvalue weighted by Gasteiger charge is -2.37. The molecule has 1 heterocycles. The zero-order valence-electron chi connectivity index (χ0n) is 20.9. The zero-order chi connectivity index (χ0) is 24.2. The number of ether oxygens (including phenoxy) is 3. The molecule has 1 aliphatic heterocycles. The predicted octanol–water partition coefficient (Wildman–Crippen LogP) is 6.48. The molecule has 2 aliphatic carbocycles. The third kappa shape index (κ3) is 5.43. The van der Waals surface area contributed by atoms with Gasteiger partial charge < -0.3 is 19.0 Å². The molecule has 2 saturated carbocycles. The average molecular weight is 480 g/mol. The second kappa shape index (κ2) is 10.9. The summed E-state index contributed by atoms with van der Waals surface area (Å²) in [5, 5.41) is 12.8. The third-order valence-corrected chi connectivity index (χ3v) is 7.88. The lowest BCUT2D eigenvalue weighted by Crippen LogP contribution is -2.39. The van der Waals surface area contributed by atoms with E-state index in [0.29, 0.717) is 23.0 Å². The Labute approximate surface area is 208 Å². The smallest absolute Gasteiger partial charge is 0.226 e. The number of nitrogens with zero attached hydrogens (tertiary/aromatic N) is 1. The number of rotatable bonds is 7. The monoisotopic (exact) mass is 479 g/mol. The summed E-state index contributed by atoms with van der Waals surface area (Å²) in [6.07, 6.45) is 9.24. The Morgan fingerprint density at radius 1 is 0.886 bits per heavy atom. The molecule has 0 unspecified atom stereocenters. The van der Waals surface area contributed by atoms with Gasteiger partial charge in [0, 0.05) is 24.2 Å². The maximum atomic E-state index is 12.8. The van der Waals surface area contributed by atoms with Crippen LogP contribution in [-0.4, -0.2) is 36.2 Å². The molecule has 0 spiro atoms. The number of benzene rings is 2. The first-order valence-electron chi connectivity index (χ1n) is 13.1. The van der Waals surface area contributed by atoms with Crippen LogP contribution in [0.1, 0.15) is 87.7 Å². The molecule has 2 fully saturated rings. The minimum atomic E-state index is -0.586. The van der Waals surface area contributed by atoms with E-state index in [1.165, 1.54) is 24.8 Å². The van der Waals surface area contributed by atoms with Gasteiger partial charge in [-0.2, -0.15) is 0 Å². The number of methoxy groups -OCH3 is 1. The normalized spacial score (nSPS) is 27.5. The van der Waals surface area contributed by atoms with Crippen LogP contribution in [0.25, 0.3) is 0 Å². The van der Waals surface area contributed by atoms with E-state index in [9.17, 15) is 5.21 Å². The summed E-state index contributed by atoms with van der Waals surface area (Å²) in [4.78, 5) is 6.34. The second-order valence-electron chi connectivity index (χ2n) is 10.1. The van der Waals surface area contributed by atoms with Crippen LogP contribution < -0.4 is 9.47 Å². The van der Waals surface area contributed by atoms with Crippen molar-refractivity contribution >= 4 is 5.71 Å². The van der Waals surface area contributed by atoms with E-state index in [0.717, 1.165) is 49.2 Å².